The largest absolute Gasteiger partial charge is 0.358 e. The Kier molecular flexibility index (Phi) is 27.3. The van der Waals surface area contributed by atoms with Gasteiger partial charge in [0.15, 0.2) is 161 Å². The van der Waals surface area contributed by atoms with Crippen LogP contribution in [0, 0.1) is 261 Å². The van der Waals surface area contributed by atoms with Crippen LogP contribution in [0.15, 0.2) is 146 Å². The van der Waals surface area contributed by atoms with Crippen molar-refractivity contribution >= 4 is 78.7 Å². The Morgan fingerprint density at radius 3 is 0.540 bits per heavy atom. The average molecular weight is 1970 g/mol. The van der Waals surface area contributed by atoms with E-state index in [1.165, 1.54) is 44.7 Å². The van der Waals surface area contributed by atoms with Crippen molar-refractivity contribution < 1.29 is 197 Å². The lowest BCUT2D eigenvalue weighted by atomic mass is 9.12. The predicted molar refractivity (Wildman–Crippen MR) is 369 cm³/mol. The normalized spacial score (nSPS) is 11.7. The van der Waals surface area contributed by atoms with Gasteiger partial charge in [0, 0.05) is 20.9 Å². The molecule has 0 fully saturated rings. The molecular weight excluding hydrogens is 1950 g/mol. The van der Waals surface area contributed by atoms with Crippen LogP contribution in [-0.2, 0) is 10.9 Å². The van der Waals surface area contributed by atoms with E-state index in [0.29, 0.717) is 0 Å². The van der Waals surface area contributed by atoms with Gasteiger partial charge in [-0.05, 0) is 93.6 Å². The minimum absolute atomic E-state index is 0.103. The highest BCUT2D eigenvalue weighted by atomic mass is 127. The van der Waals surface area contributed by atoms with Crippen molar-refractivity contribution in [1.82, 2.24) is 0 Å². The van der Waals surface area contributed by atoms with E-state index >= 15 is 70.2 Å². The van der Waals surface area contributed by atoms with E-state index in [0.717, 1.165) is 0 Å². The van der Waals surface area contributed by atoms with E-state index in [4.69, 9.17) is 0 Å². The van der Waals surface area contributed by atoms with Crippen molar-refractivity contribution in [3.63, 3.8) is 0 Å². The molecule has 13 aromatic rings. The van der Waals surface area contributed by atoms with E-state index < -0.39 is 289 Å². The number of hydrogen-bond acceptors (Lipinski definition) is 1. The van der Waals surface area contributed by atoms with E-state index in [9.17, 15) is 105 Å². The molecular formula is C81H29B2F40IS2. The van der Waals surface area contributed by atoms with Crippen molar-refractivity contribution in [3.8, 4) is 0 Å². The van der Waals surface area contributed by atoms with Crippen molar-refractivity contribution in [3.05, 3.63) is 378 Å². The predicted octanol–water partition coefficient (Wildman–Crippen LogP) is 17.7. The highest BCUT2D eigenvalue weighted by Crippen LogP contribution is 2.38. The van der Waals surface area contributed by atoms with Crippen molar-refractivity contribution in [2.75, 3.05) is 0 Å². The van der Waals surface area contributed by atoms with Crippen LogP contribution in [0.5, 0.6) is 0 Å². The average Bonchev–Trinajstić information content (AvgIpc) is 0.684. The summed E-state index contributed by atoms with van der Waals surface area (Å²) >= 11 is 1.67. The first-order valence-corrected chi connectivity index (χ1v) is 38.1. The molecule has 0 heterocycles. The molecule has 0 unspecified atom stereocenters. The van der Waals surface area contributed by atoms with Crippen LogP contribution in [0.3, 0.4) is 0 Å². The third-order valence-corrected chi connectivity index (χ3v) is 26.1. The standard InChI is InChI=1S/C33H29IS2.2C24BF20/c1-24-22-25(2)33(26(3)23-24)34-27-14-16-28(17-15-27)35-29-18-20-32(21-19-29)36(30-10-6-4-7-11-30)31-12-8-5-9-13-31;2*26-5-1(6(27)14(35)21(42)13(5)34)25(2-7(28)15(36)22(43)16(37)8(2)29,3-9(30)17(38)23(44)18(39)10(3)31)4-11(32)19(40)24(45)20(41)12(4)33/h4-23H,1-3H3;;/q+2;2*-1. The summed E-state index contributed by atoms with van der Waals surface area (Å²) < 4.78 is 591. The molecule has 0 amide bonds. The third-order valence-electron chi connectivity index (χ3n) is 19.3. The van der Waals surface area contributed by atoms with E-state index in [1.807, 2.05) is 11.8 Å². The Hall–Kier alpha value is -11.4. The Morgan fingerprint density at radius 1 is 0.198 bits per heavy atom. The molecule has 0 N–H and O–H groups in total. The van der Waals surface area contributed by atoms with E-state index in [1.54, 1.807) is 3.57 Å². The first-order valence-electron chi connectivity index (χ1n) is 33.9. The molecule has 0 aromatic heterocycles. The maximum Gasteiger partial charge on any atom is 0.358 e. The molecule has 0 nitrogen and oxygen atoms in total. The zero-order chi connectivity index (χ0) is 93.6. The first kappa shape index (κ1) is 95.3. The second kappa shape index (κ2) is 36.2. The van der Waals surface area contributed by atoms with Gasteiger partial charge in [-0.2, -0.15) is 0 Å². The summed E-state index contributed by atoms with van der Waals surface area (Å²) in [6.07, 6.45) is -14.4. The van der Waals surface area contributed by atoms with Crippen molar-refractivity contribution in [2.45, 2.75) is 45.2 Å². The van der Waals surface area contributed by atoms with Gasteiger partial charge in [0.25, 0.3) is 0 Å². The van der Waals surface area contributed by atoms with Gasteiger partial charge in [-0.15, -0.1) is 43.7 Å². The topological polar surface area (TPSA) is 0 Å². The van der Waals surface area contributed by atoms with Crippen molar-refractivity contribution in [2.24, 2.45) is 0 Å². The molecule has 0 aliphatic rings. The first-order chi connectivity index (χ1) is 59.0. The van der Waals surface area contributed by atoms with Crippen LogP contribution in [0.25, 0.3) is 0 Å². The summed E-state index contributed by atoms with van der Waals surface area (Å²) in [6, 6.07) is 44.7. The number of aryl methyl sites for hydroxylation is 3. The molecule has 13 aromatic carbocycles. The van der Waals surface area contributed by atoms with Crippen LogP contribution in [-0.4, -0.2) is 12.3 Å². The summed E-state index contributed by atoms with van der Waals surface area (Å²) in [7, 11) is -0.103. The zero-order valence-electron chi connectivity index (χ0n) is 61.0. The summed E-state index contributed by atoms with van der Waals surface area (Å²) in [5.74, 6) is -143. The molecule has 126 heavy (non-hydrogen) atoms. The maximum atomic E-state index is 15.4. The summed E-state index contributed by atoms with van der Waals surface area (Å²) in [5.41, 5.74) is -24.4. The number of hydrogen-bond donors (Lipinski definition) is 0. The molecule has 0 spiro atoms. The quantitative estimate of drug-likeness (QED) is 0.0246. The van der Waals surface area contributed by atoms with Crippen LogP contribution >= 0.6 is 11.8 Å². The fourth-order valence-corrected chi connectivity index (χ4v) is 19.4. The minimum Gasteiger partial charge on any atom is -0.207 e. The summed E-state index contributed by atoms with van der Waals surface area (Å²) in [4.78, 5) is 6.61. The Balaban J connectivity index is 0.000000185. The monoisotopic (exact) mass is 1970 g/mol. The number of halogens is 41. The second-order valence-electron chi connectivity index (χ2n) is 26.4. The smallest absolute Gasteiger partial charge is 0.207 e. The fraction of sp³-hybridized carbons (Fsp3) is 0.0370. The van der Waals surface area contributed by atoms with Gasteiger partial charge in [0.05, 0.1) is 10.9 Å². The molecule has 0 aliphatic carbocycles. The second-order valence-corrected chi connectivity index (χ2v) is 32.4. The highest BCUT2D eigenvalue weighted by molar-refractivity contribution is 7.99. The van der Waals surface area contributed by atoms with Gasteiger partial charge in [0.1, 0.15) is 105 Å². The van der Waals surface area contributed by atoms with Crippen LogP contribution in [0.1, 0.15) is 16.7 Å². The Morgan fingerprint density at radius 2 is 0.357 bits per heavy atom. The van der Waals surface area contributed by atoms with Gasteiger partial charge in [0.2, 0.25) is 0 Å². The van der Waals surface area contributed by atoms with Gasteiger partial charge >= 0.3 is 21.2 Å². The van der Waals surface area contributed by atoms with E-state index in [-0.39, 0.29) is 32.1 Å². The van der Waals surface area contributed by atoms with Crippen LogP contribution in [0.4, 0.5) is 176 Å². The number of benzene rings is 13. The lowest BCUT2D eigenvalue weighted by Crippen LogP contribution is -3.62. The van der Waals surface area contributed by atoms with Crippen molar-refractivity contribution in [1.29, 1.82) is 0 Å². The Bertz CT molecular complexity index is 5500. The lowest BCUT2D eigenvalue weighted by molar-refractivity contribution is -0.598. The zero-order valence-corrected chi connectivity index (χ0v) is 64.8. The molecule has 0 saturated heterocycles. The minimum atomic E-state index is -7.22. The van der Waals surface area contributed by atoms with Gasteiger partial charge in [-0.1, -0.05) is 65.9 Å². The van der Waals surface area contributed by atoms with Gasteiger partial charge in [-0.25, -0.2) is 176 Å². The van der Waals surface area contributed by atoms with Gasteiger partial charge < -0.3 is 0 Å². The van der Waals surface area contributed by atoms with Gasteiger partial charge in [-0.3, -0.25) is 0 Å². The molecule has 0 bridgehead atoms. The Labute approximate surface area is 695 Å². The summed E-state index contributed by atoms with van der Waals surface area (Å²) in [6.45, 7) is 6.69. The molecule has 45 heteroatoms. The van der Waals surface area contributed by atoms with Crippen LogP contribution < -0.4 is 64.9 Å². The molecule has 0 saturated carbocycles. The highest BCUT2D eigenvalue weighted by Gasteiger charge is 2.55. The third kappa shape index (κ3) is 15.5. The maximum absolute atomic E-state index is 15.4. The molecule has 0 atom stereocenters. The van der Waals surface area contributed by atoms with E-state index in [2.05, 4.69) is 142 Å². The SMILES string of the molecule is Cc1cc(C)c([I+]c2ccc(Sc3ccc([S+](c4ccccc4)c4ccccc4)cc3)cc2)c(C)c1.Fc1c(F)c(F)c([B-](c2c(F)c(F)c(F)c(F)c2F)(c2c(F)c(F)c(F)c(F)c2F)c2c(F)c(F)c(F)c(F)c2F)c(F)c1F.Fc1c(F)c(F)c([B-](c2c(F)c(F)c(F)c(F)c2F)(c2c(F)c(F)c(F)c(F)c2F)c2c(F)c(F)c(F)c(F)c2F)c(F)c1F. The molecule has 13 rings (SSSR count). The van der Waals surface area contributed by atoms with Crippen LogP contribution in [0.2, 0.25) is 0 Å². The summed E-state index contributed by atoms with van der Waals surface area (Å²) in [5, 5.41) is 0. The molecule has 658 valence electrons. The fourth-order valence-electron chi connectivity index (χ4n) is 14.0. The number of rotatable bonds is 15. The molecule has 0 radical (unpaired) electrons. The lowest BCUT2D eigenvalue weighted by Gasteiger charge is -2.44. The molecule has 0 aliphatic heterocycles.